The number of carboxylic acid groups (broad SMARTS) is 1. The number of nitrogens with one attached hydrogen (secondary N) is 1. The van der Waals surface area contributed by atoms with Crippen LogP contribution in [-0.2, 0) is 9.59 Å². The molecular weight excluding hydrogens is 392 g/mol. The van der Waals surface area contributed by atoms with E-state index in [1.807, 2.05) is 32.0 Å². The van der Waals surface area contributed by atoms with Crippen LogP contribution < -0.4 is 14.8 Å². The van der Waals surface area contributed by atoms with Gasteiger partial charge in [0.1, 0.15) is 0 Å². The smallest absolute Gasteiger partial charge is 0.341 e. The van der Waals surface area contributed by atoms with Crippen LogP contribution in [0.3, 0.4) is 0 Å². The molecule has 0 unspecified atom stereocenters. The summed E-state index contributed by atoms with van der Waals surface area (Å²) in [5.41, 5.74) is 3.73. The Hall–Kier alpha value is -3.26. The van der Waals surface area contributed by atoms with E-state index in [1.54, 1.807) is 24.3 Å². The quantitative estimate of drug-likeness (QED) is 0.703. The van der Waals surface area contributed by atoms with Crippen LogP contribution in [0.1, 0.15) is 16.7 Å². The monoisotopic (exact) mass is 412 g/mol. The van der Waals surface area contributed by atoms with Crippen LogP contribution in [0.2, 0.25) is 0 Å². The fourth-order valence-electron chi connectivity index (χ4n) is 2.63. The van der Waals surface area contributed by atoms with Gasteiger partial charge in [-0.05, 0) is 66.6 Å². The lowest BCUT2D eigenvalue weighted by molar-refractivity contribution is -0.139. The third kappa shape index (κ3) is 4.97. The van der Waals surface area contributed by atoms with Crippen LogP contribution in [0.5, 0.6) is 11.5 Å². The number of amidine groups is 1. The van der Waals surface area contributed by atoms with E-state index in [-0.39, 0.29) is 5.91 Å². The Morgan fingerprint density at radius 2 is 2.03 bits per heavy atom. The number of carboxylic acids is 1. The number of benzene rings is 2. The molecule has 29 heavy (non-hydrogen) atoms. The Kier molecular flexibility index (Phi) is 6.23. The molecule has 1 aliphatic heterocycles. The summed E-state index contributed by atoms with van der Waals surface area (Å²) >= 11 is 1.26. The number of methoxy groups -OCH3 is 1. The first-order valence-electron chi connectivity index (χ1n) is 8.76. The third-order valence-electron chi connectivity index (χ3n) is 4.29. The van der Waals surface area contributed by atoms with Gasteiger partial charge in [-0.15, -0.1) is 0 Å². The van der Waals surface area contributed by atoms with Gasteiger partial charge in [0.15, 0.2) is 23.3 Å². The number of aryl methyl sites for hydroxylation is 1. The summed E-state index contributed by atoms with van der Waals surface area (Å²) in [6.07, 6.45) is 1.72. The van der Waals surface area contributed by atoms with Crippen molar-refractivity contribution in [1.82, 2.24) is 5.32 Å². The number of rotatable bonds is 6. The summed E-state index contributed by atoms with van der Waals surface area (Å²) < 4.78 is 10.4. The van der Waals surface area contributed by atoms with E-state index in [0.29, 0.717) is 21.6 Å². The number of nitrogens with zero attached hydrogens (tertiary/aromatic N) is 1. The van der Waals surface area contributed by atoms with Crippen molar-refractivity contribution < 1.29 is 24.2 Å². The lowest BCUT2D eigenvalue weighted by Crippen LogP contribution is -2.19. The zero-order valence-corrected chi connectivity index (χ0v) is 17.0. The first-order chi connectivity index (χ1) is 13.9. The minimum atomic E-state index is -1.08. The molecule has 7 nitrogen and oxygen atoms in total. The van der Waals surface area contributed by atoms with E-state index in [0.717, 1.165) is 22.4 Å². The highest BCUT2D eigenvalue weighted by Crippen LogP contribution is 2.32. The number of aliphatic imine (C=N–C) groups is 1. The van der Waals surface area contributed by atoms with E-state index < -0.39 is 12.6 Å². The molecule has 0 aliphatic carbocycles. The first kappa shape index (κ1) is 20.5. The second kappa shape index (κ2) is 8.83. The normalized spacial score (nSPS) is 16.2. The van der Waals surface area contributed by atoms with Crippen LogP contribution in [0.25, 0.3) is 6.08 Å². The standard InChI is InChI=1S/C21H20N2O5S/c1-12-5-4-6-15(13(12)2)22-21-23-20(26)18(29-21)10-14-7-8-16(17(9-14)27-3)28-11-19(24)25/h4-10H,11H2,1-3H3,(H,24,25)(H,22,23,26). The molecule has 0 aromatic heterocycles. The predicted molar refractivity (Wildman–Crippen MR) is 113 cm³/mol. The van der Waals surface area contributed by atoms with Gasteiger partial charge in [0.25, 0.3) is 5.91 Å². The fourth-order valence-corrected chi connectivity index (χ4v) is 3.47. The Bertz CT molecular complexity index is 1030. The molecule has 8 heteroatoms. The van der Waals surface area contributed by atoms with Crippen molar-refractivity contribution in [3.05, 3.63) is 58.0 Å². The average molecular weight is 412 g/mol. The van der Waals surface area contributed by atoms with E-state index in [1.165, 1.54) is 18.9 Å². The van der Waals surface area contributed by atoms with Gasteiger partial charge in [0.2, 0.25) is 0 Å². The molecule has 1 heterocycles. The van der Waals surface area contributed by atoms with Gasteiger partial charge in [-0.3, -0.25) is 4.79 Å². The van der Waals surface area contributed by atoms with Crippen molar-refractivity contribution in [2.45, 2.75) is 13.8 Å². The molecule has 1 fully saturated rings. The Balaban J connectivity index is 1.82. The summed E-state index contributed by atoms with van der Waals surface area (Å²) in [6.45, 7) is 3.54. The highest BCUT2D eigenvalue weighted by molar-refractivity contribution is 8.18. The zero-order valence-electron chi connectivity index (χ0n) is 16.2. The Morgan fingerprint density at radius 3 is 2.76 bits per heavy atom. The average Bonchev–Trinajstić information content (AvgIpc) is 3.03. The van der Waals surface area contributed by atoms with E-state index >= 15 is 0 Å². The molecule has 0 atom stereocenters. The molecule has 2 N–H and O–H groups in total. The molecule has 3 rings (SSSR count). The maximum absolute atomic E-state index is 12.3. The van der Waals surface area contributed by atoms with Crippen molar-refractivity contribution >= 4 is 40.6 Å². The summed E-state index contributed by atoms with van der Waals surface area (Å²) in [6, 6.07) is 10.9. The van der Waals surface area contributed by atoms with E-state index in [9.17, 15) is 9.59 Å². The molecule has 0 spiro atoms. The van der Waals surface area contributed by atoms with Crippen molar-refractivity contribution in [1.29, 1.82) is 0 Å². The third-order valence-corrected chi connectivity index (χ3v) is 5.20. The minimum Gasteiger partial charge on any atom is -0.493 e. The maximum atomic E-state index is 12.3. The molecule has 0 bridgehead atoms. The van der Waals surface area contributed by atoms with Crippen LogP contribution in [-0.4, -0.2) is 35.9 Å². The molecule has 0 saturated carbocycles. The van der Waals surface area contributed by atoms with Gasteiger partial charge in [0.05, 0.1) is 17.7 Å². The number of hydrogen-bond donors (Lipinski definition) is 2. The lowest BCUT2D eigenvalue weighted by atomic mass is 10.1. The number of carbonyl (C=O) groups is 2. The van der Waals surface area contributed by atoms with Gasteiger partial charge in [-0.1, -0.05) is 18.2 Å². The predicted octanol–water partition coefficient (Wildman–Crippen LogP) is 3.67. The first-order valence-corrected chi connectivity index (χ1v) is 9.57. The number of carbonyl (C=O) groups excluding carboxylic acids is 1. The molecule has 1 aliphatic rings. The topological polar surface area (TPSA) is 97.2 Å². The van der Waals surface area contributed by atoms with Crippen molar-refractivity contribution in [2.24, 2.45) is 4.99 Å². The molecule has 1 saturated heterocycles. The highest BCUT2D eigenvalue weighted by Gasteiger charge is 2.24. The Labute approximate surface area is 172 Å². The van der Waals surface area contributed by atoms with Crippen molar-refractivity contribution in [2.75, 3.05) is 13.7 Å². The second-order valence-electron chi connectivity index (χ2n) is 6.29. The van der Waals surface area contributed by atoms with E-state index in [4.69, 9.17) is 14.6 Å². The highest BCUT2D eigenvalue weighted by atomic mass is 32.2. The van der Waals surface area contributed by atoms with Crippen LogP contribution in [0.15, 0.2) is 46.3 Å². The zero-order chi connectivity index (χ0) is 21.0. The van der Waals surface area contributed by atoms with Crippen LogP contribution in [0, 0.1) is 13.8 Å². The van der Waals surface area contributed by atoms with Gasteiger partial charge in [-0.2, -0.15) is 0 Å². The number of hydrogen-bond acceptors (Lipinski definition) is 6. The van der Waals surface area contributed by atoms with Gasteiger partial charge in [0, 0.05) is 0 Å². The van der Waals surface area contributed by atoms with Crippen LogP contribution >= 0.6 is 11.8 Å². The summed E-state index contributed by atoms with van der Waals surface area (Å²) in [5, 5.41) is 12.0. The van der Waals surface area contributed by atoms with Crippen LogP contribution in [0.4, 0.5) is 5.69 Å². The van der Waals surface area contributed by atoms with E-state index in [2.05, 4.69) is 10.3 Å². The SMILES string of the molecule is COc1cc(C=C2SC(=Nc3cccc(C)c3C)NC2=O)ccc1OCC(=O)O. The number of aliphatic carboxylic acids is 1. The van der Waals surface area contributed by atoms with Crippen molar-refractivity contribution in [3.8, 4) is 11.5 Å². The number of amides is 1. The summed E-state index contributed by atoms with van der Waals surface area (Å²) in [5.74, 6) is -0.608. The minimum absolute atomic E-state index is 0.232. The van der Waals surface area contributed by atoms with Gasteiger partial charge < -0.3 is 19.9 Å². The summed E-state index contributed by atoms with van der Waals surface area (Å²) in [7, 11) is 1.46. The fraction of sp³-hybridized carbons (Fsp3) is 0.190. The molecule has 1 amide bonds. The molecule has 150 valence electrons. The molecule has 0 radical (unpaired) electrons. The van der Waals surface area contributed by atoms with Gasteiger partial charge in [-0.25, -0.2) is 9.79 Å². The molecule has 2 aromatic carbocycles. The second-order valence-corrected chi connectivity index (χ2v) is 7.32. The van der Waals surface area contributed by atoms with Crippen molar-refractivity contribution in [3.63, 3.8) is 0 Å². The summed E-state index contributed by atoms with van der Waals surface area (Å²) in [4.78, 5) is 28.1. The lowest BCUT2D eigenvalue weighted by Gasteiger charge is -2.09. The molecule has 2 aromatic rings. The number of thioether (sulfide) groups is 1. The Morgan fingerprint density at radius 1 is 1.24 bits per heavy atom. The number of ether oxygens (including phenoxy) is 2. The molecular formula is C21H20N2O5S. The maximum Gasteiger partial charge on any atom is 0.341 e. The van der Waals surface area contributed by atoms with Gasteiger partial charge >= 0.3 is 5.97 Å². The largest absolute Gasteiger partial charge is 0.493 e.